The summed E-state index contributed by atoms with van der Waals surface area (Å²) in [6.07, 6.45) is 1.20. The SMILES string of the molecule is CC[C@H](C)[C@@H]([C@@H](CC(=O)N1CCC[C@H]1[C@H](OC)[C@@H](C)C(=O)NCCc1ccc(OP(=O)(O)ONC(CO)(CO)CO)cc1)OC)N(C)C(=O)[C@@H](NC(=O)[C@H](C(C)C)N(C)C)C(C)C. The lowest BCUT2D eigenvalue weighted by atomic mass is 9.89. The number of methoxy groups -OCH3 is 2. The van der Waals surface area contributed by atoms with Crippen molar-refractivity contribution in [1.82, 2.24) is 30.8 Å². The van der Waals surface area contributed by atoms with Gasteiger partial charge in [-0.15, -0.1) is 0 Å². The summed E-state index contributed by atoms with van der Waals surface area (Å²) in [7, 11) is 3.69. The van der Waals surface area contributed by atoms with Crippen LogP contribution in [-0.2, 0) is 44.3 Å². The molecule has 0 radical (unpaired) electrons. The second-order valence-corrected chi connectivity index (χ2v) is 19.0. The molecule has 63 heavy (non-hydrogen) atoms. The first kappa shape index (κ1) is 55.9. The van der Waals surface area contributed by atoms with Gasteiger partial charge in [0.2, 0.25) is 23.6 Å². The molecule has 4 amide bonds. The van der Waals surface area contributed by atoms with Gasteiger partial charge in [0, 0.05) is 34.4 Å². The van der Waals surface area contributed by atoms with Crippen LogP contribution in [0.25, 0.3) is 0 Å². The summed E-state index contributed by atoms with van der Waals surface area (Å²) in [6, 6.07) is 4.07. The molecule has 1 saturated heterocycles. The molecule has 0 saturated carbocycles. The first-order chi connectivity index (χ1) is 29.6. The number of hydroxylamine groups is 1. The number of nitrogens with zero attached hydrogens (tertiary/aromatic N) is 3. The molecule has 1 aliphatic heterocycles. The molecule has 1 aromatic rings. The average molecular weight is 917 g/mol. The van der Waals surface area contributed by atoms with Crippen LogP contribution in [0.3, 0.4) is 0 Å². The fraction of sp³-hybridized carbons (Fsp3) is 0.767. The van der Waals surface area contributed by atoms with E-state index >= 15 is 0 Å². The van der Waals surface area contributed by atoms with Crippen LogP contribution in [0.5, 0.6) is 5.75 Å². The molecule has 362 valence electrons. The molecule has 2 rings (SSSR count). The number of phosphoric ester groups is 1. The monoisotopic (exact) mass is 917 g/mol. The number of benzene rings is 1. The second-order valence-electron chi connectivity index (χ2n) is 17.7. The van der Waals surface area contributed by atoms with E-state index in [0.717, 1.165) is 12.0 Å². The smallest absolute Gasteiger partial charge is 0.403 e. The third kappa shape index (κ3) is 15.7. The van der Waals surface area contributed by atoms with E-state index in [1.807, 2.05) is 66.0 Å². The van der Waals surface area contributed by atoms with Crippen molar-refractivity contribution >= 4 is 31.5 Å². The Bertz CT molecular complexity index is 1620. The van der Waals surface area contributed by atoms with E-state index in [4.69, 9.17) is 14.0 Å². The Kier molecular flexibility index (Phi) is 23.1. The molecule has 1 aromatic carbocycles. The van der Waals surface area contributed by atoms with E-state index in [9.17, 15) is 44.0 Å². The largest absolute Gasteiger partial charge is 0.544 e. The molecule has 1 heterocycles. The van der Waals surface area contributed by atoms with Gasteiger partial charge in [-0.2, -0.15) is 10.1 Å². The molecular weight excluding hydrogens is 839 g/mol. The van der Waals surface area contributed by atoms with Crippen molar-refractivity contribution in [3.8, 4) is 5.75 Å². The van der Waals surface area contributed by atoms with Crippen molar-refractivity contribution in [2.24, 2.45) is 23.7 Å². The Hall–Kier alpha value is -3.23. The van der Waals surface area contributed by atoms with E-state index in [2.05, 4.69) is 15.3 Å². The van der Waals surface area contributed by atoms with Gasteiger partial charge in [0.25, 0.3) is 0 Å². The molecule has 0 aromatic heterocycles. The predicted octanol–water partition coefficient (Wildman–Crippen LogP) is 1.71. The highest BCUT2D eigenvalue weighted by atomic mass is 31.2. The normalized spacial score (nSPS) is 18.9. The molecule has 0 aliphatic carbocycles. The number of ether oxygens (including phenoxy) is 2. The van der Waals surface area contributed by atoms with Gasteiger partial charge in [-0.3, -0.25) is 29.0 Å². The number of hydrogen-bond acceptors (Lipinski definition) is 14. The van der Waals surface area contributed by atoms with E-state index in [0.29, 0.717) is 25.8 Å². The first-order valence-corrected chi connectivity index (χ1v) is 23.3. The summed E-state index contributed by atoms with van der Waals surface area (Å²) in [5, 5.41) is 34.1. The van der Waals surface area contributed by atoms with Crippen molar-refractivity contribution in [2.45, 2.75) is 122 Å². The van der Waals surface area contributed by atoms with E-state index in [-0.39, 0.29) is 66.1 Å². The lowest BCUT2D eigenvalue weighted by Gasteiger charge is -2.41. The Labute approximate surface area is 374 Å². The minimum atomic E-state index is -4.76. The zero-order chi connectivity index (χ0) is 47.8. The maximum Gasteiger partial charge on any atom is 0.544 e. The van der Waals surface area contributed by atoms with Gasteiger partial charge in [-0.25, -0.2) is 4.57 Å². The van der Waals surface area contributed by atoms with Crippen LogP contribution in [0.15, 0.2) is 24.3 Å². The summed E-state index contributed by atoms with van der Waals surface area (Å²) in [4.78, 5) is 70.7. The molecule has 19 nitrogen and oxygen atoms in total. The number of aliphatic hydroxyl groups excluding tert-OH is 3. The molecule has 9 atom stereocenters. The van der Waals surface area contributed by atoms with Gasteiger partial charge in [0.15, 0.2) is 0 Å². The molecule has 20 heteroatoms. The van der Waals surface area contributed by atoms with Gasteiger partial charge < -0.3 is 49.8 Å². The predicted molar refractivity (Wildman–Crippen MR) is 237 cm³/mol. The third-order valence-electron chi connectivity index (χ3n) is 12.1. The standard InChI is InChI=1S/C43H77N6O13P/c1-13-29(6)38(48(10)42(56)36(27(2)3)45-41(55)37(28(4)5)47(8)9)34(59-11)23-35(53)49-22-14-15-33(49)39(60-12)30(7)40(54)44-21-20-31-16-18-32(19-17-31)61-63(57,58)62-46-43(24-50,25-51)26-52/h16-19,27-30,33-34,36-39,46,50-52H,13-15,20-26H2,1-12H3,(H,44,54)(H,45,55)(H,57,58)/t29-,30+,33-,34+,36-,37-,38-,39+/m0/s1. The Morgan fingerprint density at radius 1 is 0.921 bits per heavy atom. The molecule has 0 bridgehead atoms. The second kappa shape index (κ2) is 26.1. The van der Waals surface area contributed by atoms with Crippen LogP contribution in [0.1, 0.15) is 79.7 Å². The highest BCUT2D eigenvalue weighted by Crippen LogP contribution is 2.43. The number of hydrogen-bond donors (Lipinski definition) is 7. The van der Waals surface area contributed by atoms with Crippen LogP contribution in [-0.4, -0.2) is 169 Å². The fourth-order valence-electron chi connectivity index (χ4n) is 8.17. The van der Waals surface area contributed by atoms with Crippen LogP contribution in [0.4, 0.5) is 0 Å². The van der Waals surface area contributed by atoms with Crippen LogP contribution < -0.4 is 20.6 Å². The summed E-state index contributed by atoms with van der Waals surface area (Å²) in [5.74, 6) is -1.79. The lowest BCUT2D eigenvalue weighted by molar-refractivity contribution is -0.148. The van der Waals surface area contributed by atoms with Crippen LogP contribution in [0, 0.1) is 23.7 Å². The number of likely N-dealkylation sites (tertiary alicyclic amines) is 1. The summed E-state index contributed by atoms with van der Waals surface area (Å²) in [5.41, 5.74) is 1.02. The maximum absolute atomic E-state index is 14.3. The molecule has 1 fully saturated rings. The first-order valence-electron chi connectivity index (χ1n) is 21.8. The van der Waals surface area contributed by atoms with Gasteiger partial charge in [-0.05, 0) is 68.8 Å². The van der Waals surface area contributed by atoms with Crippen LogP contribution >= 0.6 is 7.82 Å². The summed E-state index contributed by atoms with van der Waals surface area (Å²) >= 11 is 0. The molecule has 7 N–H and O–H groups in total. The number of carbonyl (C=O) groups is 4. The zero-order valence-corrected chi connectivity index (χ0v) is 40.3. The van der Waals surface area contributed by atoms with Gasteiger partial charge in [0.05, 0.1) is 62.5 Å². The average Bonchev–Trinajstić information content (AvgIpc) is 3.72. The van der Waals surface area contributed by atoms with Crippen molar-refractivity contribution in [3.63, 3.8) is 0 Å². The number of carbonyl (C=O) groups excluding carboxylic acids is 4. The topological polar surface area (TPSA) is 249 Å². The Morgan fingerprint density at radius 2 is 1.52 bits per heavy atom. The summed E-state index contributed by atoms with van der Waals surface area (Å²) in [6.45, 7) is 11.9. The van der Waals surface area contributed by atoms with Crippen molar-refractivity contribution < 1.29 is 62.6 Å². The third-order valence-corrected chi connectivity index (χ3v) is 12.9. The van der Waals surface area contributed by atoms with Crippen molar-refractivity contribution in [1.29, 1.82) is 0 Å². The van der Waals surface area contributed by atoms with E-state index in [1.165, 1.54) is 26.4 Å². The number of aliphatic hydroxyl groups is 3. The quantitative estimate of drug-likeness (QED) is 0.0467. The summed E-state index contributed by atoms with van der Waals surface area (Å²) < 4.78 is 34.0. The van der Waals surface area contributed by atoms with Crippen LogP contribution in [0.2, 0.25) is 0 Å². The minimum Gasteiger partial charge on any atom is -0.403 e. The van der Waals surface area contributed by atoms with E-state index < -0.39 is 69.4 Å². The van der Waals surface area contributed by atoms with Crippen molar-refractivity contribution in [3.05, 3.63) is 29.8 Å². The van der Waals surface area contributed by atoms with Gasteiger partial charge in [0.1, 0.15) is 17.3 Å². The molecule has 0 spiro atoms. The van der Waals surface area contributed by atoms with Gasteiger partial charge in [-0.1, -0.05) is 67.0 Å². The van der Waals surface area contributed by atoms with Gasteiger partial charge >= 0.3 is 7.82 Å². The Balaban J connectivity index is 2.11. The number of nitrogens with one attached hydrogen (secondary N) is 3. The number of phosphoric acid groups is 1. The fourth-order valence-corrected chi connectivity index (χ4v) is 8.91. The van der Waals surface area contributed by atoms with Crippen molar-refractivity contribution in [2.75, 3.05) is 68.3 Å². The highest BCUT2D eigenvalue weighted by molar-refractivity contribution is 7.47. The molecule has 1 aliphatic rings. The maximum atomic E-state index is 14.3. The number of amides is 4. The molecule has 1 unspecified atom stereocenters. The molecular formula is C43H77N6O13P. The van der Waals surface area contributed by atoms with E-state index in [1.54, 1.807) is 35.9 Å². The Morgan fingerprint density at radius 3 is 2.02 bits per heavy atom. The number of rotatable bonds is 28. The minimum absolute atomic E-state index is 0.00711. The zero-order valence-electron chi connectivity index (χ0n) is 39.4. The highest BCUT2D eigenvalue weighted by Gasteiger charge is 2.43. The lowest BCUT2D eigenvalue weighted by Crippen LogP contribution is -2.59. The number of likely N-dealkylation sites (N-methyl/N-ethyl adjacent to an activating group) is 2.